The van der Waals surface area contributed by atoms with E-state index >= 15 is 0 Å². The second-order valence-electron chi connectivity index (χ2n) is 5.62. The molecule has 6 nitrogen and oxygen atoms in total. The van der Waals surface area contributed by atoms with E-state index < -0.39 is 23.9 Å². The zero-order valence-electron chi connectivity index (χ0n) is 11.7. The second-order valence-corrected chi connectivity index (χ2v) is 5.62. The van der Waals surface area contributed by atoms with Crippen molar-refractivity contribution in [2.75, 3.05) is 6.61 Å². The van der Waals surface area contributed by atoms with Crippen LogP contribution in [0.15, 0.2) is 0 Å². The summed E-state index contributed by atoms with van der Waals surface area (Å²) in [6, 6.07) is -0.112. The summed E-state index contributed by atoms with van der Waals surface area (Å²) in [5.74, 6) is -0.401. The van der Waals surface area contributed by atoms with Gasteiger partial charge in [-0.05, 0) is 12.8 Å². The van der Waals surface area contributed by atoms with E-state index in [1.807, 2.05) is 0 Å². The van der Waals surface area contributed by atoms with Crippen LogP contribution >= 0.6 is 0 Å². The van der Waals surface area contributed by atoms with Crippen LogP contribution in [-0.4, -0.2) is 39.5 Å². The molecule has 1 aromatic rings. The van der Waals surface area contributed by atoms with Crippen molar-refractivity contribution in [2.24, 2.45) is 0 Å². The van der Waals surface area contributed by atoms with Gasteiger partial charge in [-0.3, -0.25) is 9.48 Å². The minimum Gasteiger partial charge on any atom is -0.393 e. The van der Waals surface area contributed by atoms with Gasteiger partial charge in [0.25, 0.3) is 0 Å². The number of ether oxygens (including phenoxy) is 1. The minimum atomic E-state index is -4.56. The molecule has 0 atom stereocenters. The van der Waals surface area contributed by atoms with Crippen LogP contribution in [-0.2, 0) is 35.3 Å². The monoisotopic (exact) mass is 319 g/mol. The van der Waals surface area contributed by atoms with E-state index in [0.29, 0.717) is 31.6 Å². The number of halogens is 3. The molecular formula is C13H16F3N3O3. The number of amides is 1. The first-order chi connectivity index (χ1) is 10.3. The Balaban J connectivity index is 1.75. The summed E-state index contributed by atoms with van der Waals surface area (Å²) in [6.45, 7) is -0.0853. The van der Waals surface area contributed by atoms with E-state index in [9.17, 15) is 18.0 Å². The molecule has 3 rings (SSSR count). The first-order valence-corrected chi connectivity index (χ1v) is 7.05. The molecule has 1 aromatic heterocycles. The van der Waals surface area contributed by atoms with Crippen LogP contribution in [0.4, 0.5) is 13.2 Å². The lowest BCUT2D eigenvalue weighted by atomic mass is 9.89. The second kappa shape index (κ2) is 5.54. The molecule has 0 saturated heterocycles. The fourth-order valence-electron chi connectivity index (χ4n) is 2.78. The highest BCUT2D eigenvalue weighted by molar-refractivity contribution is 5.76. The summed E-state index contributed by atoms with van der Waals surface area (Å²) in [6.07, 6.45) is -3.72. The number of nitrogens with one attached hydrogen (secondary N) is 1. The molecule has 22 heavy (non-hydrogen) atoms. The molecule has 0 bridgehead atoms. The highest BCUT2D eigenvalue weighted by Gasteiger charge is 2.40. The molecule has 1 fully saturated rings. The Morgan fingerprint density at radius 1 is 1.45 bits per heavy atom. The number of rotatable bonds is 3. The molecule has 0 spiro atoms. The summed E-state index contributed by atoms with van der Waals surface area (Å²) in [5.41, 5.74) is -0.554. The molecular weight excluding hydrogens is 303 g/mol. The third kappa shape index (κ3) is 2.95. The largest absolute Gasteiger partial charge is 0.435 e. The number of nitrogens with zero attached hydrogens (tertiary/aromatic N) is 2. The Bertz CT molecular complexity index is 579. The fraction of sp³-hybridized carbons (Fsp3) is 0.692. The van der Waals surface area contributed by atoms with Gasteiger partial charge in [-0.25, -0.2) is 0 Å². The van der Waals surface area contributed by atoms with Crippen molar-refractivity contribution in [1.29, 1.82) is 0 Å². The van der Waals surface area contributed by atoms with Gasteiger partial charge in [-0.2, -0.15) is 18.3 Å². The van der Waals surface area contributed by atoms with Crippen molar-refractivity contribution in [1.82, 2.24) is 15.1 Å². The van der Waals surface area contributed by atoms with Crippen molar-refractivity contribution in [3.05, 3.63) is 17.0 Å². The maximum absolute atomic E-state index is 13.0. The molecule has 2 heterocycles. The predicted molar refractivity (Wildman–Crippen MR) is 67.8 cm³/mol. The fourth-order valence-corrected chi connectivity index (χ4v) is 2.78. The molecule has 1 amide bonds. The number of aliphatic hydroxyl groups excluding tert-OH is 1. The van der Waals surface area contributed by atoms with Crippen molar-refractivity contribution < 1.29 is 27.8 Å². The van der Waals surface area contributed by atoms with Crippen molar-refractivity contribution in [3.8, 4) is 0 Å². The Labute approximate surface area is 124 Å². The summed E-state index contributed by atoms with van der Waals surface area (Å²) in [7, 11) is 0. The Morgan fingerprint density at radius 3 is 2.82 bits per heavy atom. The highest BCUT2D eigenvalue weighted by Crippen LogP contribution is 2.34. The van der Waals surface area contributed by atoms with Crippen LogP contribution in [0.5, 0.6) is 0 Å². The number of carbonyl (C=O) groups excluding carboxylic acids is 1. The molecule has 122 valence electrons. The van der Waals surface area contributed by atoms with Crippen LogP contribution in [0.1, 0.15) is 29.8 Å². The van der Waals surface area contributed by atoms with Crippen molar-refractivity contribution in [3.63, 3.8) is 0 Å². The number of aliphatic hydroxyl groups is 1. The lowest BCUT2D eigenvalue weighted by molar-refractivity contribution is -0.143. The SMILES string of the molecule is O=C(Cn1nc(C(F)(F)F)c2c1CCOC2)NC1CC(O)C1. The number of carbonyl (C=O) groups is 1. The standard InChI is InChI=1S/C13H16F3N3O3/c14-13(15,16)12-9-6-22-2-1-10(9)19(18-12)5-11(21)17-7-3-8(20)4-7/h7-8,20H,1-6H2,(H,17,21). The Hall–Kier alpha value is -1.61. The van der Waals surface area contributed by atoms with E-state index in [2.05, 4.69) is 10.4 Å². The van der Waals surface area contributed by atoms with Gasteiger partial charge < -0.3 is 15.2 Å². The van der Waals surface area contributed by atoms with E-state index in [1.165, 1.54) is 0 Å². The number of fused-ring (bicyclic) bond motifs is 1. The number of hydrogen-bond acceptors (Lipinski definition) is 4. The maximum atomic E-state index is 13.0. The number of alkyl halides is 3. The molecule has 1 aliphatic carbocycles. The van der Waals surface area contributed by atoms with Gasteiger partial charge >= 0.3 is 6.18 Å². The average Bonchev–Trinajstić information content (AvgIpc) is 2.76. The van der Waals surface area contributed by atoms with Gasteiger partial charge in [0.2, 0.25) is 5.91 Å². The van der Waals surface area contributed by atoms with E-state index in [0.717, 1.165) is 4.68 Å². The van der Waals surface area contributed by atoms with Gasteiger partial charge in [0.15, 0.2) is 5.69 Å². The smallest absolute Gasteiger partial charge is 0.393 e. The summed E-state index contributed by atoms with van der Waals surface area (Å²) < 4.78 is 45.1. The first kappa shape index (κ1) is 15.3. The van der Waals surface area contributed by atoms with E-state index in [4.69, 9.17) is 9.84 Å². The zero-order chi connectivity index (χ0) is 15.9. The number of aromatic nitrogens is 2. The van der Waals surface area contributed by atoms with E-state index in [1.54, 1.807) is 0 Å². The lowest BCUT2D eigenvalue weighted by Crippen LogP contribution is -2.47. The Morgan fingerprint density at radius 2 is 2.18 bits per heavy atom. The maximum Gasteiger partial charge on any atom is 0.435 e. The van der Waals surface area contributed by atoms with Crippen LogP contribution in [0, 0.1) is 0 Å². The van der Waals surface area contributed by atoms with Crippen LogP contribution in [0.25, 0.3) is 0 Å². The van der Waals surface area contributed by atoms with Crippen LogP contribution < -0.4 is 5.32 Å². The average molecular weight is 319 g/mol. The van der Waals surface area contributed by atoms with Crippen molar-refractivity contribution in [2.45, 2.75) is 50.7 Å². The molecule has 2 N–H and O–H groups in total. The van der Waals surface area contributed by atoms with Gasteiger partial charge in [0.1, 0.15) is 6.54 Å². The van der Waals surface area contributed by atoms with Gasteiger partial charge in [0, 0.05) is 23.7 Å². The highest BCUT2D eigenvalue weighted by atomic mass is 19.4. The summed E-state index contributed by atoms with van der Waals surface area (Å²) >= 11 is 0. The molecule has 1 aliphatic heterocycles. The zero-order valence-corrected chi connectivity index (χ0v) is 11.7. The molecule has 0 unspecified atom stereocenters. The Kier molecular flexibility index (Phi) is 3.85. The van der Waals surface area contributed by atoms with E-state index in [-0.39, 0.29) is 24.8 Å². The van der Waals surface area contributed by atoms with Crippen LogP contribution in [0.2, 0.25) is 0 Å². The third-order valence-electron chi connectivity index (χ3n) is 3.94. The van der Waals surface area contributed by atoms with Crippen LogP contribution in [0.3, 0.4) is 0 Å². The third-order valence-corrected chi connectivity index (χ3v) is 3.94. The molecule has 2 aliphatic rings. The first-order valence-electron chi connectivity index (χ1n) is 7.05. The predicted octanol–water partition coefficient (Wildman–Crippen LogP) is 0.614. The quantitative estimate of drug-likeness (QED) is 0.856. The summed E-state index contributed by atoms with van der Waals surface area (Å²) in [5, 5.41) is 15.4. The van der Waals surface area contributed by atoms with Gasteiger partial charge in [0.05, 0.1) is 19.3 Å². The molecule has 9 heteroatoms. The number of hydrogen-bond donors (Lipinski definition) is 2. The topological polar surface area (TPSA) is 76.4 Å². The summed E-state index contributed by atoms with van der Waals surface area (Å²) in [4.78, 5) is 11.9. The van der Waals surface area contributed by atoms with Gasteiger partial charge in [-0.1, -0.05) is 0 Å². The lowest BCUT2D eigenvalue weighted by Gasteiger charge is -2.32. The molecule has 1 saturated carbocycles. The normalized spacial score (nSPS) is 24.5. The molecule has 0 radical (unpaired) electrons. The minimum absolute atomic E-state index is 0.0191. The van der Waals surface area contributed by atoms with Crippen molar-refractivity contribution >= 4 is 5.91 Å². The molecule has 0 aromatic carbocycles. The van der Waals surface area contributed by atoms with Gasteiger partial charge in [-0.15, -0.1) is 0 Å².